The summed E-state index contributed by atoms with van der Waals surface area (Å²) < 4.78 is 0. The van der Waals surface area contributed by atoms with Crippen molar-refractivity contribution in [2.75, 3.05) is 0 Å². The van der Waals surface area contributed by atoms with Gasteiger partial charge >= 0.3 is 0 Å². The van der Waals surface area contributed by atoms with E-state index in [0.717, 1.165) is 18.8 Å². The molecule has 0 aromatic rings. The molecule has 0 rings (SSSR count). The van der Waals surface area contributed by atoms with Crippen LogP contribution in [0, 0.1) is 0 Å². The number of hydrogen-bond donors (Lipinski definition) is 0. The molecular weight excluding hydrogens is 216 g/mol. The van der Waals surface area contributed by atoms with Crippen molar-refractivity contribution in [3.8, 4) is 0 Å². The fraction of sp³-hybridized carbons (Fsp3) is 0. The number of hydrogen-bond acceptors (Lipinski definition) is 0. The average molecular weight is 226 g/mol. The zero-order valence-corrected chi connectivity index (χ0v) is 6.53. The second-order valence-electron chi connectivity index (χ2n) is 0.902. The molecule has 0 aliphatic carbocycles. The van der Waals surface area contributed by atoms with Crippen LogP contribution in [0.3, 0.4) is 0 Å². The third-order valence-corrected chi connectivity index (χ3v) is 0.323. The second-order valence-corrected chi connectivity index (χ2v) is 0.902. The second kappa shape index (κ2) is 31.6. The van der Waals surface area contributed by atoms with Crippen LogP contribution in [0.25, 0.3) is 22.3 Å². The molecule has 0 heterocycles. The van der Waals surface area contributed by atoms with Crippen LogP contribution in [0.2, 0.25) is 0 Å². The van der Waals surface area contributed by atoms with Crippen molar-refractivity contribution in [1.82, 2.24) is 0 Å². The topological polar surface area (TPSA) is 105 Å². The molecule has 12 heavy (non-hydrogen) atoms. The monoisotopic (exact) mass is 225 g/mol. The van der Waals surface area contributed by atoms with Crippen LogP contribution in [0.1, 0.15) is 0 Å². The maximum absolute atomic E-state index is 7.73. The molecule has 0 atom stereocenters. The Morgan fingerprint density at radius 1 is 1.17 bits per heavy atom. The van der Waals surface area contributed by atoms with Crippen molar-refractivity contribution >= 4 is 36.3 Å². The average Bonchev–Trinajstić information content (AvgIpc) is 1.93. The SMILES string of the molecule is [AlH3].[N-]=CC=C[NH-].[N-]=CN=C[NH-].[Ni]. The molecule has 0 amide bonds. The van der Waals surface area contributed by atoms with E-state index in [1.165, 1.54) is 6.08 Å². The van der Waals surface area contributed by atoms with Crippen molar-refractivity contribution in [3.63, 3.8) is 0 Å². The van der Waals surface area contributed by atoms with Gasteiger partial charge in [-0.15, -0.1) is 18.8 Å². The van der Waals surface area contributed by atoms with Gasteiger partial charge in [0.15, 0.2) is 17.4 Å². The molecule has 0 bridgehead atoms. The third-order valence-electron chi connectivity index (χ3n) is 0.323. The van der Waals surface area contributed by atoms with Gasteiger partial charge < -0.3 is 27.3 Å². The summed E-state index contributed by atoms with van der Waals surface area (Å²) in [7, 11) is 0. The Hall–Kier alpha value is -0.624. The van der Waals surface area contributed by atoms with Crippen LogP contribution >= 0.6 is 0 Å². The summed E-state index contributed by atoms with van der Waals surface area (Å²) in [5.41, 5.74) is 12.4. The first-order valence-electron chi connectivity index (χ1n) is 2.28. The standard InChI is InChI=1S/C3H4N2.C2H3N3.Al.Ni.3H/c4-2-1-3-5;3-1-5-2-4;;;;;/h1-4H;1-2H,(H-2,3,4,5);;;;;/q2*-2;;;;;. The fourth-order valence-corrected chi connectivity index (χ4v) is 0.0764. The van der Waals surface area contributed by atoms with Crippen LogP contribution in [-0.4, -0.2) is 36.3 Å². The molecule has 0 aliphatic rings. The van der Waals surface area contributed by atoms with Crippen molar-refractivity contribution in [1.29, 1.82) is 0 Å². The molecule has 0 spiro atoms. The van der Waals surface area contributed by atoms with E-state index >= 15 is 0 Å². The van der Waals surface area contributed by atoms with E-state index in [0.29, 0.717) is 6.34 Å². The molecule has 0 fully saturated rings. The molecule has 72 valence electrons. The molecule has 0 aromatic heterocycles. The molecule has 0 aromatic carbocycles. The number of nitrogens with one attached hydrogen (secondary N) is 2. The molecule has 7 heteroatoms. The van der Waals surface area contributed by atoms with E-state index in [4.69, 9.17) is 22.3 Å². The molecule has 0 radical (unpaired) electrons. The fourth-order valence-electron chi connectivity index (χ4n) is 0.0764. The first kappa shape index (κ1) is 22.5. The Labute approximate surface area is 92.4 Å². The van der Waals surface area contributed by atoms with Gasteiger partial charge in [-0.05, 0) is 0 Å². The van der Waals surface area contributed by atoms with Crippen LogP contribution in [0.5, 0.6) is 0 Å². The van der Waals surface area contributed by atoms with Gasteiger partial charge in [0.1, 0.15) is 0 Å². The largest absolute Gasteiger partial charge is 0.811 e. The van der Waals surface area contributed by atoms with E-state index in [-0.39, 0.29) is 33.9 Å². The van der Waals surface area contributed by atoms with Crippen LogP contribution in [0.15, 0.2) is 17.3 Å². The van der Waals surface area contributed by atoms with E-state index in [1.807, 2.05) is 0 Å². The maximum atomic E-state index is 7.73. The van der Waals surface area contributed by atoms with E-state index in [1.54, 1.807) is 0 Å². The summed E-state index contributed by atoms with van der Waals surface area (Å²) >= 11 is 0. The van der Waals surface area contributed by atoms with Gasteiger partial charge in [0.2, 0.25) is 0 Å². The smallest absolute Gasteiger partial charge is 0.187 e. The summed E-state index contributed by atoms with van der Waals surface area (Å²) in [6, 6.07) is 0. The van der Waals surface area contributed by atoms with Gasteiger partial charge in [0, 0.05) is 16.5 Å². The minimum Gasteiger partial charge on any atom is -0.811 e. The predicted octanol–water partition coefficient (Wildman–Crippen LogP) is 0.671. The molecule has 0 aliphatic heterocycles. The van der Waals surface area contributed by atoms with Crippen molar-refractivity contribution in [3.05, 3.63) is 34.6 Å². The first-order valence-corrected chi connectivity index (χ1v) is 2.28. The molecule has 0 unspecified atom stereocenters. The Bertz CT molecular complexity index is 120. The zero-order chi connectivity index (χ0) is 8.24. The normalized spacial score (nSPS) is 7.33. The van der Waals surface area contributed by atoms with Gasteiger partial charge in [0.05, 0.1) is 0 Å². The zero-order valence-electron chi connectivity index (χ0n) is 5.54. The minimum absolute atomic E-state index is 0. The maximum Gasteiger partial charge on any atom is 0.187 e. The van der Waals surface area contributed by atoms with E-state index < -0.39 is 0 Å². The molecular formula is C5H10AlN5Ni-4. The summed E-state index contributed by atoms with van der Waals surface area (Å²) in [6.07, 6.45) is 4.35. The number of allylic oxidation sites excluding steroid dienone is 1. The van der Waals surface area contributed by atoms with Gasteiger partial charge in [-0.3, -0.25) is 0 Å². The summed E-state index contributed by atoms with van der Waals surface area (Å²) in [6.45, 7) is 0. The number of aliphatic imine (C=N–C) groups is 1. The number of nitrogens with zero attached hydrogens (tertiary/aromatic N) is 3. The molecule has 2 N–H and O–H groups in total. The Kier molecular flexibility index (Phi) is 59.2. The predicted molar refractivity (Wildman–Crippen MR) is 55.1 cm³/mol. The summed E-state index contributed by atoms with van der Waals surface area (Å²) in [5, 5.41) is 15.4. The molecule has 0 saturated heterocycles. The van der Waals surface area contributed by atoms with E-state index in [2.05, 4.69) is 4.99 Å². The third kappa shape index (κ3) is 57.7. The molecule has 5 nitrogen and oxygen atoms in total. The Morgan fingerprint density at radius 3 is 1.67 bits per heavy atom. The van der Waals surface area contributed by atoms with Gasteiger partial charge in [-0.1, -0.05) is 0 Å². The first-order chi connectivity index (χ1) is 4.83. The summed E-state index contributed by atoms with van der Waals surface area (Å²) in [5.74, 6) is 0. The Morgan fingerprint density at radius 2 is 1.67 bits per heavy atom. The number of rotatable bonds is 2. The minimum atomic E-state index is 0. The van der Waals surface area contributed by atoms with Crippen molar-refractivity contribution in [2.45, 2.75) is 0 Å². The van der Waals surface area contributed by atoms with Gasteiger partial charge in [-0.2, -0.15) is 12.4 Å². The van der Waals surface area contributed by atoms with E-state index in [9.17, 15) is 0 Å². The van der Waals surface area contributed by atoms with Gasteiger partial charge in [-0.25, -0.2) is 0 Å². The molecule has 0 saturated carbocycles. The van der Waals surface area contributed by atoms with Crippen LogP contribution in [-0.2, 0) is 16.5 Å². The quantitative estimate of drug-likeness (QED) is 0.375. The van der Waals surface area contributed by atoms with Crippen LogP contribution < -0.4 is 0 Å². The van der Waals surface area contributed by atoms with Gasteiger partial charge in [0.25, 0.3) is 0 Å². The van der Waals surface area contributed by atoms with Crippen molar-refractivity contribution in [2.24, 2.45) is 4.99 Å². The van der Waals surface area contributed by atoms with Crippen LogP contribution in [0.4, 0.5) is 0 Å². The van der Waals surface area contributed by atoms with Crippen molar-refractivity contribution < 1.29 is 16.5 Å². The Balaban J connectivity index is -0.0000000457. The summed E-state index contributed by atoms with van der Waals surface area (Å²) in [4.78, 5) is 2.94.